The smallest absolute Gasteiger partial charge is 0.132 e. The van der Waals surface area contributed by atoms with Gasteiger partial charge in [0, 0.05) is 12.8 Å². The molecule has 0 amide bonds. The summed E-state index contributed by atoms with van der Waals surface area (Å²) in [4.78, 5) is 10.2. The molecule has 1 heteroatoms. The van der Waals surface area contributed by atoms with Crippen LogP contribution in [0, 0.1) is 0 Å². The van der Waals surface area contributed by atoms with Crippen LogP contribution in [0.5, 0.6) is 0 Å². The van der Waals surface area contributed by atoms with Gasteiger partial charge in [0.1, 0.15) is 5.78 Å². The number of Topliss-reactive ketones (excluding diaryl/α,β-unsaturated/α-hetero) is 1. The Morgan fingerprint density at radius 2 is 1.25 bits per heavy atom. The highest BCUT2D eigenvalue weighted by molar-refractivity contribution is 5.77. The third-order valence-electron chi connectivity index (χ3n) is 2.67. The van der Waals surface area contributed by atoms with E-state index in [9.17, 15) is 4.79 Å². The summed E-state index contributed by atoms with van der Waals surface area (Å²) in [6.45, 7) is 8.17. The zero-order chi connectivity index (χ0) is 12.4. The first-order valence-corrected chi connectivity index (χ1v) is 6.27. The minimum atomic E-state index is 0.343. The van der Waals surface area contributed by atoms with Gasteiger partial charge in [0.25, 0.3) is 0 Å². The second-order valence-electron chi connectivity index (χ2n) is 3.72. The molecule has 0 heterocycles. The fraction of sp³-hybridized carbons (Fsp3) is 0.533. The van der Waals surface area contributed by atoms with Gasteiger partial charge in [0.15, 0.2) is 0 Å². The van der Waals surface area contributed by atoms with E-state index in [0.717, 1.165) is 12.8 Å². The summed E-state index contributed by atoms with van der Waals surface area (Å²) in [6, 6.07) is 8.63. The zero-order valence-corrected chi connectivity index (χ0v) is 11.0. The number of aryl methyl sites for hydroxylation is 2. The summed E-state index contributed by atoms with van der Waals surface area (Å²) in [5.74, 6) is 0.343. The molecule has 0 aromatic heterocycles. The molecule has 0 saturated heterocycles. The summed E-state index contributed by atoms with van der Waals surface area (Å²) in [6.07, 6.45) is 3.70. The van der Waals surface area contributed by atoms with Gasteiger partial charge in [-0.25, -0.2) is 0 Å². The van der Waals surface area contributed by atoms with Crippen LogP contribution in [0.4, 0.5) is 0 Å². The minimum absolute atomic E-state index is 0.343. The van der Waals surface area contributed by atoms with Gasteiger partial charge in [-0.2, -0.15) is 0 Å². The van der Waals surface area contributed by atoms with Crippen LogP contribution in [0.15, 0.2) is 24.3 Å². The van der Waals surface area contributed by atoms with Crippen molar-refractivity contribution in [1.82, 2.24) is 0 Å². The SMILES string of the molecule is CCC(=O)CC.CCc1ccccc1CC. The van der Waals surface area contributed by atoms with Crippen molar-refractivity contribution in [3.63, 3.8) is 0 Å². The Bertz CT molecular complexity index is 273. The van der Waals surface area contributed by atoms with E-state index >= 15 is 0 Å². The van der Waals surface area contributed by atoms with Crippen LogP contribution in [0.1, 0.15) is 51.7 Å². The summed E-state index contributed by atoms with van der Waals surface area (Å²) >= 11 is 0. The van der Waals surface area contributed by atoms with Crippen LogP contribution in [0.25, 0.3) is 0 Å². The van der Waals surface area contributed by atoms with Crippen molar-refractivity contribution >= 4 is 5.78 Å². The molecule has 0 aliphatic carbocycles. The number of carbonyl (C=O) groups excluding carboxylic acids is 1. The lowest BCUT2D eigenvalue weighted by molar-refractivity contribution is -0.118. The van der Waals surface area contributed by atoms with E-state index in [1.165, 1.54) is 11.1 Å². The Morgan fingerprint density at radius 3 is 1.44 bits per heavy atom. The molecule has 0 aliphatic heterocycles. The number of hydrogen-bond donors (Lipinski definition) is 0. The molecule has 0 saturated carbocycles. The molecule has 1 aromatic carbocycles. The first-order valence-electron chi connectivity index (χ1n) is 6.27. The maximum atomic E-state index is 10.2. The lowest BCUT2D eigenvalue weighted by Gasteiger charge is -2.02. The number of ketones is 1. The first kappa shape index (κ1) is 14.9. The highest BCUT2D eigenvalue weighted by Gasteiger charge is 1.93. The molecule has 1 aromatic rings. The van der Waals surface area contributed by atoms with Gasteiger partial charge < -0.3 is 0 Å². The third-order valence-corrected chi connectivity index (χ3v) is 2.67. The standard InChI is InChI=1S/C10H14.C5H10O/c1-3-9-7-5-6-8-10(9)4-2;1-3-5(6)4-2/h5-8H,3-4H2,1-2H3;3-4H2,1-2H3. The second kappa shape index (κ2) is 9.14. The first-order chi connectivity index (χ1) is 7.69. The lowest BCUT2D eigenvalue weighted by Crippen LogP contribution is -1.88. The molecule has 0 N–H and O–H groups in total. The molecule has 0 radical (unpaired) electrons. The summed E-state index contributed by atoms with van der Waals surface area (Å²) in [5.41, 5.74) is 2.98. The normalized spacial score (nSPS) is 9.25. The van der Waals surface area contributed by atoms with E-state index in [4.69, 9.17) is 0 Å². The van der Waals surface area contributed by atoms with Gasteiger partial charge >= 0.3 is 0 Å². The van der Waals surface area contributed by atoms with Crippen molar-refractivity contribution in [3.8, 4) is 0 Å². The number of benzene rings is 1. The Hall–Kier alpha value is -1.11. The predicted molar refractivity (Wildman–Crippen MR) is 70.8 cm³/mol. The molecule has 90 valence electrons. The van der Waals surface area contributed by atoms with Gasteiger partial charge in [0.05, 0.1) is 0 Å². The van der Waals surface area contributed by atoms with Crippen molar-refractivity contribution in [3.05, 3.63) is 35.4 Å². The molecule has 1 rings (SSSR count). The van der Waals surface area contributed by atoms with Gasteiger partial charge in [-0.1, -0.05) is 52.0 Å². The molecule has 0 unspecified atom stereocenters. The fourth-order valence-electron chi connectivity index (χ4n) is 1.50. The van der Waals surface area contributed by atoms with Crippen LogP contribution >= 0.6 is 0 Å². The molecule has 1 nitrogen and oxygen atoms in total. The van der Waals surface area contributed by atoms with E-state index < -0.39 is 0 Å². The predicted octanol–water partition coefficient (Wildman–Crippen LogP) is 4.19. The Kier molecular flexibility index (Phi) is 8.51. The highest BCUT2D eigenvalue weighted by Crippen LogP contribution is 2.08. The molecule has 0 spiro atoms. The molecular formula is C15H24O. The molecule has 0 fully saturated rings. The van der Waals surface area contributed by atoms with E-state index in [2.05, 4.69) is 38.1 Å². The van der Waals surface area contributed by atoms with Crippen LogP contribution in [-0.2, 0) is 17.6 Å². The van der Waals surface area contributed by atoms with Crippen molar-refractivity contribution in [1.29, 1.82) is 0 Å². The summed E-state index contributed by atoms with van der Waals surface area (Å²) in [7, 11) is 0. The van der Waals surface area contributed by atoms with E-state index in [1.54, 1.807) is 0 Å². The Balaban J connectivity index is 0.000000325. The van der Waals surface area contributed by atoms with E-state index in [-0.39, 0.29) is 0 Å². The quantitative estimate of drug-likeness (QED) is 0.743. The van der Waals surface area contributed by atoms with Crippen LogP contribution in [0.2, 0.25) is 0 Å². The van der Waals surface area contributed by atoms with Gasteiger partial charge in [-0.15, -0.1) is 0 Å². The number of hydrogen-bond acceptors (Lipinski definition) is 1. The average Bonchev–Trinajstić information content (AvgIpc) is 2.38. The van der Waals surface area contributed by atoms with Crippen LogP contribution < -0.4 is 0 Å². The largest absolute Gasteiger partial charge is 0.300 e. The zero-order valence-electron chi connectivity index (χ0n) is 11.0. The summed E-state index contributed by atoms with van der Waals surface area (Å²) in [5, 5.41) is 0. The van der Waals surface area contributed by atoms with E-state index in [0.29, 0.717) is 18.6 Å². The molecule has 16 heavy (non-hydrogen) atoms. The highest BCUT2D eigenvalue weighted by atomic mass is 16.1. The summed E-state index contributed by atoms with van der Waals surface area (Å²) < 4.78 is 0. The van der Waals surface area contributed by atoms with Crippen LogP contribution in [-0.4, -0.2) is 5.78 Å². The number of carbonyl (C=O) groups is 1. The lowest BCUT2D eigenvalue weighted by atomic mass is 10.0. The molecule has 0 bridgehead atoms. The van der Waals surface area contributed by atoms with Crippen molar-refractivity contribution < 1.29 is 4.79 Å². The third kappa shape index (κ3) is 5.69. The minimum Gasteiger partial charge on any atom is -0.300 e. The van der Waals surface area contributed by atoms with Crippen molar-refractivity contribution in [2.45, 2.75) is 53.4 Å². The topological polar surface area (TPSA) is 17.1 Å². The fourth-order valence-corrected chi connectivity index (χ4v) is 1.50. The average molecular weight is 220 g/mol. The molecule has 0 atom stereocenters. The van der Waals surface area contributed by atoms with Gasteiger partial charge in [-0.3, -0.25) is 4.79 Å². The number of rotatable bonds is 4. The second-order valence-corrected chi connectivity index (χ2v) is 3.72. The van der Waals surface area contributed by atoms with Crippen molar-refractivity contribution in [2.24, 2.45) is 0 Å². The van der Waals surface area contributed by atoms with E-state index in [1.807, 2.05) is 13.8 Å². The molecular weight excluding hydrogens is 196 g/mol. The van der Waals surface area contributed by atoms with Crippen molar-refractivity contribution in [2.75, 3.05) is 0 Å². The van der Waals surface area contributed by atoms with Crippen LogP contribution in [0.3, 0.4) is 0 Å². The monoisotopic (exact) mass is 220 g/mol. The maximum Gasteiger partial charge on any atom is 0.132 e. The Morgan fingerprint density at radius 1 is 0.875 bits per heavy atom. The molecule has 0 aliphatic rings. The maximum absolute atomic E-state index is 10.2. The van der Waals surface area contributed by atoms with Gasteiger partial charge in [0.2, 0.25) is 0 Å². The van der Waals surface area contributed by atoms with Gasteiger partial charge in [-0.05, 0) is 24.0 Å². The Labute approximate surface area is 99.9 Å².